The molecule has 19 heavy (non-hydrogen) atoms. The number of halogens is 1. The highest BCUT2D eigenvalue weighted by atomic mass is 35.5. The smallest absolute Gasteiger partial charge is 0.254 e. The molecule has 0 bridgehead atoms. The number of benzene rings is 1. The summed E-state index contributed by atoms with van der Waals surface area (Å²) in [5, 5.41) is 1.39. The molecule has 2 aromatic rings. The van der Waals surface area contributed by atoms with E-state index in [9.17, 15) is 4.79 Å². The number of thioether (sulfide) groups is 1. The number of nitrogens with zero attached hydrogens (tertiary/aromatic N) is 1. The largest absolute Gasteiger partial charge is 0.301 e. The second kappa shape index (κ2) is 6.26. The number of hydrogen-bond donors (Lipinski definition) is 1. The van der Waals surface area contributed by atoms with Crippen LogP contribution in [0.15, 0.2) is 34.2 Å². The average molecular weight is 295 g/mol. The van der Waals surface area contributed by atoms with Gasteiger partial charge in [0.25, 0.3) is 5.56 Å². The van der Waals surface area contributed by atoms with Crippen molar-refractivity contribution >= 4 is 23.4 Å². The molecule has 0 saturated carbocycles. The van der Waals surface area contributed by atoms with Gasteiger partial charge in [0.1, 0.15) is 0 Å². The summed E-state index contributed by atoms with van der Waals surface area (Å²) in [6.07, 6.45) is 0.705. The molecule has 0 aliphatic carbocycles. The molecule has 100 valence electrons. The van der Waals surface area contributed by atoms with Gasteiger partial charge < -0.3 is 4.98 Å². The van der Waals surface area contributed by atoms with Crippen LogP contribution in [0.3, 0.4) is 0 Å². The van der Waals surface area contributed by atoms with Gasteiger partial charge in [0.15, 0.2) is 5.16 Å². The van der Waals surface area contributed by atoms with E-state index >= 15 is 0 Å². The van der Waals surface area contributed by atoms with Gasteiger partial charge in [-0.3, -0.25) is 4.79 Å². The third kappa shape index (κ3) is 3.61. The lowest BCUT2D eigenvalue weighted by atomic mass is 10.2. The Bertz CT molecular complexity index is 622. The van der Waals surface area contributed by atoms with E-state index in [1.165, 1.54) is 11.8 Å². The highest BCUT2D eigenvalue weighted by Gasteiger charge is 2.06. The molecule has 3 nitrogen and oxygen atoms in total. The number of aryl methyl sites for hydroxylation is 1. The van der Waals surface area contributed by atoms with E-state index in [-0.39, 0.29) is 5.56 Å². The highest BCUT2D eigenvalue weighted by Crippen LogP contribution is 2.20. The van der Waals surface area contributed by atoms with Gasteiger partial charge in [-0.15, -0.1) is 0 Å². The van der Waals surface area contributed by atoms with E-state index < -0.39 is 0 Å². The molecule has 0 aliphatic heterocycles. The van der Waals surface area contributed by atoms with Crippen LogP contribution in [-0.4, -0.2) is 9.97 Å². The van der Waals surface area contributed by atoms with Crippen molar-refractivity contribution in [3.05, 3.63) is 56.5 Å². The van der Waals surface area contributed by atoms with Gasteiger partial charge in [0.2, 0.25) is 0 Å². The van der Waals surface area contributed by atoms with Gasteiger partial charge in [0, 0.05) is 22.0 Å². The van der Waals surface area contributed by atoms with Crippen LogP contribution in [-0.2, 0) is 12.2 Å². The molecular formula is C14H15ClN2OS. The monoisotopic (exact) mass is 294 g/mol. The first kappa shape index (κ1) is 14.2. The molecular weight excluding hydrogens is 280 g/mol. The molecule has 0 aliphatic rings. The molecule has 0 unspecified atom stereocenters. The molecule has 0 amide bonds. The second-order valence-corrected chi connectivity index (χ2v) is 5.60. The number of nitrogens with one attached hydrogen (secondary N) is 1. The van der Waals surface area contributed by atoms with Gasteiger partial charge in [-0.2, -0.15) is 0 Å². The zero-order chi connectivity index (χ0) is 13.8. The second-order valence-electron chi connectivity index (χ2n) is 4.20. The Labute approximate surface area is 121 Å². The van der Waals surface area contributed by atoms with Gasteiger partial charge >= 0.3 is 0 Å². The fourth-order valence-electron chi connectivity index (χ4n) is 1.80. The summed E-state index contributed by atoms with van der Waals surface area (Å²) in [4.78, 5) is 19.1. The number of H-pyrrole nitrogens is 1. The summed E-state index contributed by atoms with van der Waals surface area (Å²) >= 11 is 7.35. The first-order chi connectivity index (χ1) is 9.10. The quantitative estimate of drug-likeness (QED) is 0.692. The van der Waals surface area contributed by atoms with Gasteiger partial charge in [-0.1, -0.05) is 42.4 Å². The summed E-state index contributed by atoms with van der Waals surface area (Å²) in [5.74, 6) is 0.755. The Morgan fingerprint density at radius 1 is 1.32 bits per heavy atom. The standard InChI is InChI=1S/C14H15ClN2OS/c1-3-12-9(2)16-14(17-13(12)18)19-8-10-4-6-11(15)7-5-10/h4-7H,3,8H2,1-2H3,(H,16,17,18). The lowest BCUT2D eigenvalue weighted by molar-refractivity contribution is 0.858. The van der Waals surface area contributed by atoms with E-state index in [1.54, 1.807) is 0 Å². The summed E-state index contributed by atoms with van der Waals surface area (Å²) in [6.45, 7) is 3.83. The first-order valence-corrected chi connectivity index (χ1v) is 7.43. The van der Waals surface area contributed by atoms with Crippen LogP contribution in [0, 0.1) is 6.92 Å². The van der Waals surface area contributed by atoms with E-state index in [4.69, 9.17) is 11.6 Å². The fraction of sp³-hybridized carbons (Fsp3) is 0.286. The minimum absolute atomic E-state index is 0.0337. The molecule has 1 heterocycles. The van der Waals surface area contributed by atoms with Crippen LogP contribution in [0.2, 0.25) is 5.02 Å². The summed E-state index contributed by atoms with van der Waals surface area (Å²) in [7, 11) is 0. The Morgan fingerprint density at radius 2 is 2.00 bits per heavy atom. The van der Waals surface area contributed by atoms with Gasteiger partial charge in [-0.25, -0.2) is 4.98 Å². The maximum absolute atomic E-state index is 11.8. The molecule has 2 rings (SSSR count). The topological polar surface area (TPSA) is 45.8 Å². The molecule has 0 atom stereocenters. The van der Waals surface area contributed by atoms with Crippen molar-refractivity contribution in [3.8, 4) is 0 Å². The highest BCUT2D eigenvalue weighted by molar-refractivity contribution is 7.98. The number of aromatic amines is 1. The van der Waals surface area contributed by atoms with Crippen molar-refractivity contribution in [3.63, 3.8) is 0 Å². The third-order valence-corrected chi connectivity index (χ3v) is 4.04. The average Bonchev–Trinajstić information content (AvgIpc) is 2.38. The number of rotatable bonds is 4. The zero-order valence-electron chi connectivity index (χ0n) is 10.9. The fourth-order valence-corrected chi connectivity index (χ4v) is 2.79. The summed E-state index contributed by atoms with van der Waals surface area (Å²) in [5.41, 5.74) is 2.68. The van der Waals surface area contributed by atoms with Crippen LogP contribution < -0.4 is 5.56 Å². The number of aromatic nitrogens is 2. The molecule has 1 aromatic heterocycles. The maximum Gasteiger partial charge on any atom is 0.254 e. The molecule has 1 N–H and O–H groups in total. The Hall–Kier alpha value is -1.26. The van der Waals surface area contributed by atoms with Crippen molar-refractivity contribution in [2.24, 2.45) is 0 Å². The lowest BCUT2D eigenvalue weighted by Crippen LogP contribution is -2.16. The predicted molar refractivity (Wildman–Crippen MR) is 80.0 cm³/mol. The van der Waals surface area contributed by atoms with Crippen LogP contribution in [0.25, 0.3) is 0 Å². The molecule has 1 aromatic carbocycles. The van der Waals surface area contributed by atoms with Crippen molar-refractivity contribution in [1.82, 2.24) is 9.97 Å². The summed E-state index contributed by atoms with van der Waals surface area (Å²) < 4.78 is 0. The minimum Gasteiger partial charge on any atom is -0.301 e. The SMILES string of the molecule is CCc1c(C)nc(SCc2ccc(Cl)cc2)[nH]c1=O. The Balaban J connectivity index is 2.12. The van der Waals surface area contributed by atoms with Crippen molar-refractivity contribution in [2.45, 2.75) is 31.2 Å². The van der Waals surface area contributed by atoms with Crippen molar-refractivity contribution in [1.29, 1.82) is 0 Å². The van der Waals surface area contributed by atoms with E-state index in [0.717, 1.165) is 27.6 Å². The minimum atomic E-state index is -0.0337. The molecule has 0 spiro atoms. The first-order valence-electron chi connectivity index (χ1n) is 6.07. The van der Waals surface area contributed by atoms with E-state index in [0.29, 0.717) is 11.6 Å². The third-order valence-electron chi connectivity index (χ3n) is 2.84. The van der Waals surface area contributed by atoms with Crippen LogP contribution in [0.1, 0.15) is 23.7 Å². The Morgan fingerprint density at radius 3 is 2.58 bits per heavy atom. The van der Waals surface area contributed by atoms with E-state index in [1.807, 2.05) is 38.1 Å². The van der Waals surface area contributed by atoms with Crippen molar-refractivity contribution < 1.29 is 0 Å². The normalized spacial score (nSPS) is 10.7. The zero-order valence-corrected chi connectivity index (χ0v) is 12.4. The maximum atomic E-state index is 11.8. The predicted octanol–water partition coefficient (Wildman–Crippen LogP) is 3.59. The molecule has 5 heteroatoms. The summed E-state index contributed by atoms with van der Waals surface area (Å²) in [6, 6.07) is 7.67. The van der Waals surface area contributed by atoms with Crippen molar-refractivity contribution in [2.75, 3.05) is 0 Å². The molecule has 0 radical (unpaired) electrons. The van der Waals surface area contributed by atoms with E-state index in [2.05, 4.69) is 9.97 Å². The number of hydrogen-bond acceptors (Lipinski definition) is 3. The Kier molecular flexibility index (Phi) is 4.66. The van der Waals surface area contributed by atoms with Crippen LogP contribution in [0.4, 0.5) is 0 Å². The van der Waals surface area contributed by atoms with Gasteiger partial charge in [0.05, 0.1) is 0 Å². The van der Waals surface area contributed by atoms with Crippen LogP contribution >= 0.6 is 23.4 Å². The molecule has 0 fully saturated rings. The lowest BCUT2D eigenvalue weighted by Gasteiger charge is -2.05. The molecule has 0 saturated heterocycles. The van der Waals surface area contributed by atoms with Gasteiger partial charge in [-0.05, 0) is 31.0 Å². The van der Waals surface area contributed by atoms with Crippen LogP contribution in [0.5, 0.6) is 0 Å².